The molecule has 1 heterocycles. The van der Waals surface area contributed by atoms with Gasteiger partial charge < -0.3 is 20.9 Å². The lowest BCUT2D eigenvalue weighted by molar-refractivity contribution is -0.175. The van der Waals surface area contributed by atoms with E-state index in [1.807, 2.05) is 13.8 Å². The van der Waals surface area contributed by atoms with Crippen LogP contribution in [0.1, 0.15) is 33.1 Å². The number of hydrogen-bond acceptors (Lipinski definition) is 4. The molecule has 1 saturated heterocycles. The minimum Gasteiger partial charge on any atom is -0.393 e. The summed E-state index contributed by atoms with van der Waals surface area (Å²) in [6.45, 7) is 5.38. The number of ether oxygens (including phenoxy) is 1. The number of aliphatic hydroxyl groups excluding tert-OH is 1. The number of aliphatic hydroxyl groups is 1. The van der Waals surface area contributed by atoms with Crippen LogP contribution in [-0.2, 0) is 9.53 Å². The topological polar surface area (TPSA) is 84.6 Å². The number of rotatable bonds is 3. The smallest absolute Gasteiger partial charge is 0.241 e. The molecule has 5 nitrogen and oxygen atoms in total. The van der Waals surface area contributed by atoms with Crippen LogP contribution in [0.2, 0.25) is 0 Å². The third kappa shape index (κ3) is 1.68. The fraction of sp³-hybridized carbons (Fsp3) is 0.929. The van der Waals surface area contributed by atoms with Crippen molar-refractivity contribution in [3.8, 4) is 0 Å². The molecule has 0 radical (unpaired) electrons. The molecule has 4 N–H and O–H groups in total. The molecule has 19 heavy (non-hydrogen) atoms. The molecule has 0 aromatic rings. The van der Waals surface area contributed by atoms with E-state index in [4.69, 9.17) is 10.5 Å². The maximum absolute atomic E-state index is 12.5. The maximum Gasteiger partial charge on any atom is 0.241 e. The fourth-order valence-electron chi connectivity index (χ4n) is 4.10. The minimum absolute atomic E-state index is 0.0503. The van der Waals surface area contributed by atoms with Crippen LogP contribution < -0.4 is 11.1 Å². The second kappa shape index (κ2) is 4.17. The summed E-state index contributed by atoms with van der Waals surface area (Å²) in [5, 5.41) is 12.2. The predicted molar refractivity (Wildman–Crippen MR) is 70.3 cm³/mol. The zero-order valence-corrected chi connectivity index (χ0v) is 11.7. The summed E-state index contributed by atoms with van der Waals surface area (Å²) in [4.78, 5) is 12.5. The van der Waals surface area contributed by atoms with Gasteiger partial charge in [-0.3, -0.25) is 4.79 Å². The van der Waals surface area contributed by atoms with E-state index >= 15 is 0 Å². The molecule has 0 spiro atoms. The van der Waals surface area contributed by atoms with E-state index in [9.17, 15) is 9.90 Å². The summed E-state index contributed by atoms with van der Waals surface area (Å²) in [6.07, 6.45) is 2.39. The van der Waals surface area contributed by atoms with Gasteiger partial charge in [-0.1, -0.05) is 13.8 Å². The van der Waals surface area contributed by atoms with E-state index in [-0.39, 0.29) is 29.4 Å². The van der Waals surface area contributed by atoms with E-state index < -0.39 is 5.54 Å². The number of nitrogens with one attached hydrogen (secondary N) is 1. The van der Waals surface area contributed by atoms with Gasteiger partial charge in [-0.25, -0.2) is 0 Å². The summed E-state index contributed by atoms with van der Waals surface area (Å²) in [5.41, 5.74) is 5.32. The highest BCUT2D eigenvalue weighted by Gasteiger charge is 2.71. The van der Waals surface area contributed by atoms with E-state index in [1.165, 1.54) is 0 Å². The molecule has 3 aliphatic rings. The van der Waals surface area contributed by atoms with Gasteiger partial charge in [0.05, 0.1) is 12.2 Å². The Bertz CT molecular complexity index is 392. The maximum atomic E-state index is 12.5. The summed E-state index contributed by atoms with van der Waals surface area (Å²) < 4.78 is 5.69. The highest BCUT2D eigenvalue weighted by atomic mass is 16.5. The van der Waals surface area contributed by atoms with Gasteiger partial charge in [-0.2, -0.15) is 0 Å². The van der Waals surface area contributed by atoms with Crippen LogP contribution in [0.5, 0.6) is 0 Å². The van der Waals surface area contributed by atoms with Gasteiger partial charge in [0.15, 0.2) is 0 Å². The van der Waals surface area contributed by atoms with Gasteiger partial charge in [0, 0.05) is 24.5 Å². The Hall–Kier alpha value is -0.650. The highest BCUT2D eigenvalue weighted by Crippen LogP contribution is 2.58. The Morgan fingerprint density at radius 3 is 2.79 bits per heavy atom. The lowest BCUT2D eigenvalue weighted by Crippen LogP contribution is -2.80. The van der Waals surface area contributed by atoms with Crippen molar-refractivity contribution in [2.75, 3.05) is 13.2 Å². The lowest BCUT2D eigenvalue weighted by Gasteiger charge is -2.60. The Morgan fingerprint density at radius 2 is 2.16 bits per heavy atom. The van der Waals surface area contributed by atoms with Crippen molar-refractivity contribution < 1.29 is 14.6 Å². The molecule has 0 aromatic heterocycles. The van der Waals surface area contributed by atoms with E-state index in [0.717, 1.165) is 19.3 Å². The van der Waals surface area contributed by atoms with Crippen LogP contribution in [-0.4, -0.2) is 41.9 Å². The van der Waals surface area contributed by atoms with Crippen LogP contribution in [0.15, 0.2) is 0 Å². The van der Waals surface area contributed by atoms with Gasteiger partial charge in [0.1, 0.15) is 5.54 Å². The van der Waals surface area contributed by atoms with Crippen molar-refractivity contribution >= 4 is 5.91 Å². The number of nitrogens with two attached hydrogens (primary N) is 1. The number of carbonyl (C=O) groups is 1. The normalized spacial score (nSPS) is 46.9. The minimum atomic E-state index is -0.809. The Kier molecular flexibility index (Phi) is 2.93. The third-order valence-electron chi connectivity index (χ3n) is 5.59. The monoisotopic (exact) mass is 268 g/mol. The summed E-state index contributed by atoms with van der Waals surface area (Å²) in [7, 11) is 0. The van der Waals surface area contributed by atoms with E-state index in [2.05, 4.69) is 5.32 Å². The highest BCUT2D eigenvalue weighted by molar-refractivity contribution is 5.89. The molecule has 3 unspecified atom stereocenters. The predicted octanol–water partition coefficient (Wildman–Crippen LogP) is 0.0159. The summed E-state index contributed by atoms with van der Waals surface area (Å²) >= 11 is 0. The van der Waals surface area contributed by atoms with Gasteiger partial charge in [-0.05, 0) is 25.2 Å². The van der Waals surface area contributed by atoms with Crippen molar-refractivity contribution in [2.24, 2.45) is 23.0 Å². The number of amides is 1. The van der Waals surface area contributed by atoms with Crippen LogP contribution in [0.3, 0.4) is 0 Å². The molecule has 5 heteroatoms. The first-order valence-electron chi connectivity index (χ1n) is 7.24. The number of carbonyl (C=O) groups excluding carboxylic acids is 1. The van der Waals surface area contributed by atoms with Crippen molar-refractivity contribution in [1.29, 1.82) is 0 Å². The number of fused-ring (bicyclic) bond motifs is 1. The van der Waals surface area contributed by atoms with Crippen LogP contribution >= 0.6 is 0 Å². The van der Waals surface area contributed by atoms with E-state index in [0.29, 0.717) is 19.1 Å². The van der Waals surface area contributed by atoms with Crippen molar-refractivity contribution in [3.63, 3.8) is 0 Å². The third-order valence-corrected chi connectivity index (χ3v) is 5.59. The summed E-state index contributed by atoms with van der Waals surface area (Å²) in [5.74, 6) is 0.501. The molecule has 3 atom stereocenters. The largest absolute Gasteiger partial charge is 0.393 e. The van der Waals surface area contributed by atoms with Crippen molar-refractivity contribution in [3.05, 3.63) is 0 Å². The molecule has 3 fully saturated rings. The summed E-state index contributed by atoms with van der Waals surface area (Å²) in [6, 6.07) is 0. The first-order chi connectivity index (χ1) is 8.87. The molecule has 108 valence electrons. The average Bonchev–Trinajstić information content (AvgIpc) is 2.79. The SMILES string of the molecule is CC1(C)C2OCCC2C1(N)C(=O)NCC1CC(O)C1. The van der Waals surface area contributed by atoms with Gasteiger partial charge >= 0.3 is 0 Å². The molecular formula is C14H24N2O3. The van der Waals surface area contributed by atoms with Crippen LogP contribution in [0.25, 0.3) is 0 Å². The molecule has 0 aromatic carbocycles. The molecule has 1 amide bonds. The molecule has 0 bridgehead atoms. The average molecular weight is 268 g/mol. The lowest BCUT2D eigenvalue weighted by atomic mass is 9.48. The first-order valence-corrected chi connectivity index (χ1v) is 7.24. The zero-order chi connectivity index (χ0) is 13.8. The molecule has 3 rings (SSSR count). The molecular weight excluding hydrogens is 244 g/mol. The molecule has 2 aliphatic carbocycles. The number of hydrogen-bond donors (Lipinski definition) is 3. The van der Waals surface area contributed by atoms with Crippen molar-refractivity contribution in [1.82, 2.24) is 5.32 Å². The van der Waals surface area contributed by atoms with E-state index in [1.54, 1.807) is 0 Å². The Labute approximate surface area is 113 Å². The second-order valence-corrected chi connectivity index (χ2v) is 6.98. The standard InChI is InChI=1S/C14H24N2O3/c1-13(2)11-10(3-4-19-11)14(13,15)12(18)16-7-8-5-9(17)6-8/h8-11,17H,3-7,15H2,1-2H3,(H,16,18). The quantitative estimate of drug-likeness (QED) is 0.673. The van der Waals surface area contributed by atoms with Crippen molar-refractivity contribution in [2.45, 2.75) is 50.9 Å². The molecule has 1 aliphatic heterocycles. The zero-order valence-electron chi connectivity index (χ0n) is 11.7. The van der Waals surface area contributed by atoms with Crippen LogP contribution in [0.4, 0.5) is 0 Å². The van der Waals surface area contributed by atoms with Gasteiger partial charge in [-0.15, -0.1) is 0 Å². The van der Waals surface area contributed by atoms with Gasteiger partial charge in [0.2, 0.25) is 5.91 Å². The van der Waals surface area contributed by atoms with Gasteiger partial charge in [0.25, 0.3) is 0 Å². The Morgan fingerprint density at radius 1 is 1.47 bits per heavy atom. The first kappa shape index (κ1) is 13.3. The Balaban J connectivity index is 1.62. The second-order valence-electron chi connectivity index (χ2n) is 6.98. The molecule has 2 saturated carbocycles. The van der Waals surface area contributed by atoms with Crippen LogP contribution in [0, 0.1) is 17.3 Å². The fourth-order valence-corrected chi connectivity index (χ4v) is 4.10.